The van der Waals surface area contributed by atoms with Gasteiger partial charge in [0.25, 0.3) is 0 Å². The second kappa shape index (κ2) is 19.8. The van der Waals surface area contributed by atoms with Crippen molar-refractivity contribution in [3.63, 3.8) is 0 Å². The van der Waals surface area contributed by atoms with Crippen LogP contribution in [0.5, 0.6) is 0 Å². The molecule has 0 amide bonds. The first-order valence-corrected chi connectivity index (χ1v) is 11.4. The maximum atomic E-state index is 12.5. The number of rotatable bonds is 17. The average Bonchev–Trinajstić information content (AvgIpc) is 2.75. The van der Waals surface area contributed by atoms with Crippen molar-refractivity contribution >= 4 is 24.4 Å². The highest BCUT2D eigenvalue weighted by Crippen LogP contribution is 2.16. The van der Waals surface area contributed by atoms with Crippen LogP contribution in [0.3, 0.4) is 0 Å². The first-order chi connectivity index (χ1) is 14.9. The van der Waals surface area contributed by atoms with Crippen molar-refractivity contribution in [3.8, 4) is 0 Å². The van der Waals surface area contributed by atoms with E-state index < -0.39 is 18.1 Å². The van der Waals surface area contributed by atoms with Gasteiger partial charge in [-0.2, -0.15) is 12.6 Å². The van der Waals surface area contributed by atoms with Gasteiger partial charge in [0.1, 0.15) is 0 Å². The Kier molecular flexibility index (Phi) is 18.4. The average molecular weight is 448 g/mol. The number of thiol groups is 1. The number of ketones is 1. The molecule has 2 atom stereocenters. The van der Waals surface area contributed by atoms with Gasteiger partial charge in [0.15, 0.2) is 5.78 Å². The summed E-state index contributed by atoms with van der Waals surface area (Å²) in [4.78, 5) is 22.8. The van der Waals surface area contributed by atoms with Crippen LogP contribution in [0.4, 0.5) is 0 Å². The van der Waals surface area contributed by atoms with Crippen LogP contribution in [0.2, 0.25) is 0 Å². The lowest BCUT2D eigenvalue weighted by atomic mass is 9.95. The molecule has 0 aromatic carbocycles. The fourth-order valence-corrected chi connectivity index (χ4v) is 2.84. The number of unbranched alkanes of at least 4 members (excludes halogenated alkanes) is 5. The molecule has 0 spiro atoms. The molecule has 0 aromatic rings. The molecular weight excluding hydrogens is 410 g/mol. The van der Waals surface area contributed by atoms with Gasteiger partial charge in [0.2, 0.25) is 0 Å². The van der Waals surface area contributed by atoms with Crippen LogP contribution in [-0.2, 0) is 9.59 Å². The van der Waals surface area contributed by atoms with Crippen LogP contribution < -0.4 is 5.73 Å². The van der Waals surface area contributed by atoms with E-state index in [-0.39, 0.29) is 11.5 Å². The Balaban J connectivity index is 4.78. The Morgan fingerprint density at radius 3 is 1.94 bits per heavy atom. The van der Waals surface area contributed by atoms with Crippen LogP contribution >= 0.6 is 12.6 Å². The van der Waals surface area contributed by atoms with Gasteiger partial charge in [-0.25, -0.2) is 4.79 Å². The smallest absolute Gasteiger partial charge is 0.328 e. The standard InChI is InChI=1S/C25H37NO4S/c1-2-3-4-5-12-15-18-23(27)21(25(30)22(26)20-31)17-14-11-9-7-6-8-10-13-16-19-24(28)29/h6-11,13-14,16-17,19,22-23,27,31H,2-5,12,15,18,20,26H2,1H3,(H,28,29)/b8-6+,9-7+,13-10+,14-11+,19-16+,21-17-. The lowest BCUT2D eigenvalue weighted by molar-refractivity contribution is -0.131. The van der Waals surface area contributed by atoms with Gasteiger partial charge in [0.05, 0.1) is 12.1 Å². The topological polar surface area (TPSA) is 101 Å². The molecule has 0 aliphatic rings. The van der Waals surface area contributed by atoms with E-state index in [0.29, 0.717) is 12.0 Å². The lowest BCUT2D eigenvalue weighted by Gasteiger charge is -2.16. The van der Waals surface area contributed by atoms with E-state index in [9.17, 15) is 14.7 Å². The molecule has 6 heteroatoms. The van der Waals surface area contributed by atoms with Crippen molar-refractivity contribution in [2.45, 2.75) is 64.0 Å². The van der Waals surface area contributed by atoms with Crippen molar-refractivity contribution in [2.75, 3.05) is 5.75 Å². The third-order valence-corrected chi connectivity index (χ3v) is 4.80. The predicted octanol–water partition coefficient (Wildman–Crippen LogP) is 4.72. The minimum Gasteiger partial charge on any atom is -0.478 e. The SMILES string of the molecule is CCCCCCCCC(O)/C(=C/C=C/C=C/C=C/C=C/C=C/C(=O)O)C(=O)C(N)CS. The van der Waals surface area contributed by atoms with E-state index in [1.165, 1.54) is 25.3 Å². The summed E-state index contributed by atoms with van der Waals surface area (Å²) in [6.45, 7) is 2.18. The van der Waals surface area contributed by atoms with E-state index in [0.717, 1.165) is 25.3 Å². The number of allylic oxidation sites excluding steroid dienone is 10. The van der Waals surface area contributed by atoms with Crippen LogP contribution in [0.15, 0.2) is 72.4 Å². The van der Waals surface area contributed by atoms with Gasteiger partial charge in [0, 0.05) is 17.4 Å². The number of hydrogen-bond acceptors (Lipinski definition) is 5. The molecular formula is C25H37NO4S. The molecule has 5 nitrogen and oxygen atoms in total. The predicted molar refractivity (Wildman–Crippen MR) is 132 cm³/mol. The van der Waals surface area contributed by atoms with E-state index in [2.05, 4.69) is 19.6 Å². The summed E-state index contributed by atoms with van der Waals surface area (Å²) in [5, 5.41) is 19.0. The lowest BCUT2D eigenvalue weighted by Crippen LogP contribution is -2.36. The molecule has 0 aliphatic carbocycles. The molecule has 0 radical (unpaired) electrons. The summed E-state index contributed by atoms with van der Waals surface area (Å²) < 4.78 is 0. The summed E-state index contributed by atoms with van der Waals surface area (Å²) in [5.41, 5.74) is 6.16. The van der Waals surface area contributed by atoms with E-state index >= 15 is 0 Å². The Bertz CT molecular complexity index is 690. The Morgan fingerprint density at radius 2 is 1.39 bits per heavy atom. The van der Waals surface area contributed by atoms with Gasteiger partial charge in [-0.05, 0) is 6.42 Å². The fourth-order valence-electron chi connectivity index (χ4n) is 2.67. The number of aliphatic hydroxyl groups excluding tert-OH is 1. The van der Waals surface area contributed by atoms with Crippen LogP contribution in [-0.4, -0.2) is 39.9 Å². The molecule has 0 saturated carbocycles. The Hall–Kier alpha value is -2.15. The molecule has 0 aromatic heterocycles. The number of carbonyl (C=O) groups is 2. The molecule has 0 saturated heterocycles. The molecule has 4 N–H and O–H groups in total. The maximum absolute atomic E-state index is 12.5. The van der Waals surface area contributed by atoms with Gasteiger partial charge < -0.3 is 15.9 Å². The molecule has 0 heterocycles. The number of hydrogen-bond donors (Lipinski definition) is 4. The van der Waals surface area contributed by atoms with Crippen molar-refractivity contribution in [2.24, 2.45) is 5.73 Å². The molecule has 2 unspecified atom stereocenters. The number of carboxylic acid groups (broad SMARTS) is 1. The van der Waals surface area contributed by atoms with Crippen LogP contribution in [0.25, 0.3) is 0 Å². The zero-order valence-corrected chi connectivity index (χ0v) is 19.3. The molecule has 0 fully saturated rings. The van der Waals surface area contributed by atoms with Gasteiger partial charge >= 0.3 is 5.97 Å². The quantitative estimate of drug-likeness (QED) is 0.112. The Morgan fingerprint density at radius 1 is 0.871 bits per heavy atom. The second-order valence-corrected chi connectivity index (χ2v) is 7.45. The second-order valence-electron chi connectivity index (χ2n) is 7.08. The van der Waals surface area contributed by atoms with Crippen molar-refractivity contribution in [1.29, 1.82) is 0 Å². The first-order valence-electron chi connectivity index (χ1n) is 10.8. The maximum Gasteiger partial charge on any atom is 0.328 e. The highest BCUT2D eigenvalue weighted by Gasteiger charge is 2.22. The Labute approximate surface area is 192 Å². The number of aliphatic carboxylic acids is 1. The van der Waals surface area contributed by atoms with Crippen LogP contribution in [0.1, 0.15) is 51.9 Å². The minimum absolute atomic E-state index is 0.226. The van der Waals surface area contributed by atoms with Crippen molar-refractivity contribution < 1.29 is 19.8 Å². The van der Waals surface area contributed by atoms with Crippen LogP contribution in [0, 0.1) is 0 Å². The summed E-state index contributed by atoms with van der Waals surface area (Å²) in [6.07, 6.45) is 24.4. The van der Waals surface area contributed by atoms with Crippen molar-refractivity contribution in [3.05, 3.63) is 72.4 Å². The summed E-state index contributed by atoms with van der Waals surface area (Å²) in [7, 11) is 0. The molecule has 0 bridgehead atoms. The summed E-state index contributed by atoms with van der Waals surface area (Å²) in [6, 6.07) is -0.734. The molecule has 172 valence electrons. The largest absolute Gasteiger partial charge is 0.478 e. The summed E-state index contributed by atoms with van der Waals surface area (Å²) in [5.74, 6) is -1.04. The number of Topliss-reactive ketones (excluding diaryl/α,β-unsaturated/α-hetero) is 1. The zero-order chi connectivity index (χ0) is 23.3. The summed E-state index contributed by atoms with van der Waals surface area (Å²) >= 11 is 4.09. The molecule has 0 rings (SSSR count). The van der Waals surface area contributed by atoms with Gasteiger partial charge in [-0.1, -0.05) is 106 Å². The third-order valence-electron chi connectivity index (χ3n) is 4.41. The van der Waals surface area contributed by atoms with Crippen molar-refractivity contribution in [1.82, 2.24) is 0 Å². The third kappa shape index (κ3) is 16.2. The number of carboxylic acids is 1. The number of carbonyl (C=O) groups excluding carboxylic acids is 1. The monoisotopic (exact) mass is 447 g/mol. The normalized spacial score (nSPS) is 15.2. The zero-order valence-electron chi connectivity index (χ0n) is 18.4. The van der Waals surface area contributed by atoms with E-state index in [1.54, 1.807) is 54.7 Å². The number of aliphatic hydroxyl groups is 1. The number of nitrogens with two attached hydrogens (primary N) is 1. The van der Waals surface area contributed by atoms with Gasteiger partial charge in [-0.3, -0.25) is 4.79 Å². The highest BCUT2D eigenvalue weighted by atomic mass is 32.1. The molecule has 0 aliphatic heterocycles. The fraction of sp³-hybridized carbons (Fsp3) is 0.440. The molecule has 31 heavy (non-hydrogen) atoms. The first kappa shape index (κ1) is 28.9. The van der Waals surface area contributed by atoms with E-state index in [4.69, 9.17) is 10.8 Å². The van der Waals surface area contributed by atoms with E-state index in [1.807, 2.05) is 0 Å². The van der Waals surface area contributed by atoms with Gasteiger partial charge in [-0.15, -0.1) is 0 Å². The minimum atomic E-state index is -0.989. The highest BCUT2D eigenvalue weighted by molar-refractivity contribution is 7.80.